The molecule has 1 aliphatic heterocycles. The molecule has 1 aliphatic rings. The molecule has 0 amide bonds. The van der Waals surface area contributed by atoms with Crippen LogP contribution in [0.15, 0.2) is 24.3 Å². The Kier molecular flexibility index (Phi) is 6.56. The van der Waals surface area contributed by atoms with Crippen LogP contribution in [0.4, 0.5) is 29.0 Å². The Morgan fingerprint density at radius 3 is 2.64 bits per heavy atom. The summed E-state index contributed by atoms with van der Waals surface area (Å²) in [4.78, 5) is 20.7. The predicted molar refractivity (Wildman–Crippen MR) is 107 cm³/mol. The summed E-state index contributed by atoms with van der Waals surface area (Å²) in [7, 11) is 0. The van der Waals surface area contributed by atoms with Gasteiger partial charge >= 0.3 is 5.69 Å². The van der Waals surface area contributed by atoms with Gasteiger partial charge in [0.1, 0.15) is 13.1 Å². The summed E-state index contributed by atoms with van der Waals surface area (Å²) in [6.07, 6.45) is 0.927. The molecule has 0 saturated carbocycles. The number of nitro groups is 1. The van der Waals surface area contributed by atoms with Crippen molar-refractivity contribution in [1.29, 1.82) is 0 Å². The number of hydrogen-bond donors (Lipinski definition) is 4. The number of morpholine rings is 1. The third-order valence-corrected chi connectivity index (χ3v) is 4.60. The summed E-state index contributed by atoms with van der Waals surface area (Å²) in [5.74, 6) is 0.174. The molecule has 0 atom stereocenters. The zero-order chi connectivity index (χ0) is 19.9. The number of ether oxygens (including phenoxy) is 1. The number of nitrogens with one attached hydrogen (secondary N) is 3. The highest BCUT2D eigenvalue weighted by atomic mass is 16.6. The number of aromatic nitrogens is 2. The first-order valence-electron chi connectivity index (χ1n) is 9.33. The molecule has 2 heterocycles. The molecular weight excluding hydrogens is 362 g/mol. The van der Waals surface area contributed by atoms with Crippen LogP contribution in [-0.4, -0.2) is 54.3 Å². The van der Waals surface area contributed by atoms with Crippen LogP contribution in [0.25, 0.3) is 0 Å². The largest absolute Gasteiger partial charge is 0.378 e. The zero-order valence-electron chi connectivity index (χ0n) is 15.9. The minimum Gasteiger partial charge on any atom is -0.378 e. The van der Waals surface area contributed by atoms with Gasteiger partial charge < -0.3 is 26.0 Å². The number of benzene rings is 1. The van der Waals surface area contributed by atoms with Gasteiger partial charge in [-0.05, 0) is 19.1 Å². The Hall–Kier alpha value is -2.98. The Morgan fingerprint density at radius 2 is 1.96 bits per heavy atom. The summed E-state index contributed by atoms with van der Waals surface area (Å²) < 4.78 is 5.36. The molecule has 0 unspecified atom stereocenters. The fraction of sp³-hybridized carbons (Fsp3) is 0.444. The molecule has 150 valence electrons. The molecule has 2 aromatic rings. The van der Waals surface area contributed by atoms with Crippen LogP contribution < -0.4 is 21.3 Å². The van der Waals surface area contributed by atoms with Crippen molar-refractivity contribution in [2.45, 2.75) is 13.3 Å². The number of rotatable bonds is 8. The van der Waals surface area contributed by atoms with Crippen LogP contribution >= 0.6 is 0 Å². The fourth-order valence-electron chi connectivity index (χ4n) is 3.04. The lowest BCUT2D eigenvalue weighted by Gasteiger charge is -2.23. The van der Waals surface area contributed by atoms with Crippen molar-refractivity contribution in [2.75, 3.05) is 55.8 Å². The number of nitrogens with zero attached hydrogens (tertiary/aromatic N) is 3. The molecule has 5 N–H and O–H groups in total. The van der Waals surface area contributed by atoms with Crippen molar-refractivity contribution in [3.63, 3.8) is 0 Å². The first-order valence-corrected chi connectivity index (χ1v) is 9.33. The third-order valence-electron chi connectivity index (χ3n) is 4.60. The number of hydrogen-bond acceptors (Lipinski definition) is 8. The number of aryl methyl sites for hydroxylation is 1. The molecule has 28 heavy (non-hydrogen) atoms. The Labute approximate surface area is 163 Å². The maximum Gasteiger partial charge on any atom is 0.353 e. The van der Waals surface area contributed by atoms with Gasteiger partial charge in [-0.15, -0.1) is 0 Å². The van der Waals surface area contributed by atoms with E-state index in [9.17, 15) is 10.1 Å². The van der Waals surface area contributed by atoms with Gasteiger partial charge in [-0.3, -0.25) is 10.1 Å². The average Bonchev–Trinajstić information content (AvgIpc) is 2.67. The van der Waals surface area contributed by atoms with Gasteiger partial charge in [0.2, 0.25) is 17.6 Å². The second kappa shape index (κ2) is 9.29. The third kappa shape index (κ3) is 5.27. The zero-order valence-corrected chi connectivity index (χ0v) is 15.9. The Morgan fingerprint density at radius 1 is 1.25 bits per heavy atom. The highest BCUT2D eigenvalue weighted by Crippen LogP contribution is 2.31. The number of nitrogen functional groups attached to an aromatic ring is 1. The van der Waals surface area contributed by atoms with Crippen molar-refractivity contribution in [3.8, 4) is 0 Å². The van der Waals surface area contributed by atoms with E-state index in [4.69, 9.17) is 10.5 Å². The van der Waals surface area contributed by atoms with Gasteiger partial charge in [0, 0.05) is 18.7 Å². The maximum atomic E-state index is 11.4. The van der Waals surface area contributed by atoms with E-state index in [0.717, 1.165) is 44.8 Å². The summed E-state index contributed by atoms with van der Waals surface area (Å²) >= 11 is 0. The van der Waals surface area contributed by atoms with E-state index >= 15 is 0 Å². The first kappa shape index (κ1) is 19.8. The molecule has 10 heteroatoms. The van der Waals surface area contributed by atoms with E-state index in [2.05, 4.69) is 20.6 Å². The molecule has 3 rings (SSSR count). The van der Waals surface area contributed by atoms with E-state index < -0.39 is 4.92 Å². The maximum absolute atomic E-state index is 11.4. The van der Waals surface area contributed by atoms with Gasteiger partial charge in [0.05, 0.1) is 24.7 Å². The number of nitrogens with two attached hydrogens (primary N) is 1. The smallest absolute Gasteiger partial charge is 0.353 e. The molecule has 1 saturated heterocycles. The highest BCUT2D eigenvalue weighted by Gasteiger charge is 2.23. The lowest BCUT2D eigenvalue weighted by molar-refractivity contribution is -0.908. The second-order valence-corrected chi connectivity index (χ2v) is 6.77. The second-order valence-electron chi connectivity index (χ2n) is 6.77. The molecule has 0 bridgehead atoms. The number of anilines is 4. The molecule has 1 aromatic heterocycles. The minimum atomic E-state index is -0.572. The van der Waals surface area contributed by atoms with Crippen molar-refractivity contribution in [2.24, 2.45) is 0 Å². The molecule has 1 aromatic carbocycles. The summed E-state index contributed by atoms with van der Waals surface area (Å²) in [5.41, 5.74) is 7.28. The van der Waals surface area contributed by atoms with Crippen LogP contribution in [0, 0.1) is 17.0 Å². The normalized spacial score (nSPS) is 14.6. The van der Waals surface area contributed by atoms with E-state index in [1.165, 1.54) is 4.90 Å². The monoisotopic (exact) mass is 388 g/mol. The quantitative estimate of drug-likeness (QED) is 0.296. The van der Waals surface area contributed by atoms with Crippen molar-refractivity contribution in [3.05, 3.63) is 39.9 Å². The molecule has 0 spiro atoms. The average molecular weight is 388 g/mol. The molecule has 0 radical (unpaired) electrons. The van der Waals surface area contributed by atoms with Gasteiger partial charge in [0.15, 0.2) is 0 Å². The molecule has 0 aliphatic carbocycles. The molecule has 1 fully saturated rings. The Bertz CT molecular complexity index is 808. The summed E-state index contributed by atoms with van der Waals surface area (Å²) in [5, 5.41) is 17.5. The SMILES string of the molecule is Cc1ccc(Nc2nc(NCCC[NH+]3CCOCC3)nc(N)c2[N+](=O)[O-])cc1. The van der Waals surface area contributed by atoms with Crippen LogP contribution in [0.5, 0.6) is 0 Å². The predicted octanol–water partition coefficient (Wildman–Crippen LogP) is 0.736. The van der Waals surface area contributed by atoms with Gasteiger partial charge in [-0.1, -0.05) is 17.7 Å². The lowest BCUT2D eigenvalue weighted by atomic mass is 10.2. The molecule has 10 nitrogen and oxygen atoms in total. The topological polar surface area (TPSA) is 133 Å². The van der Waals surface area contributed by atoms with Crippen LogP contribution in [-0.2, 0) is 4.74 Å². The van der Waals surface area contributed by atoms with Crippen LogP contribution in [0.1, 0.15) is 12.0 Å². The van der Waals surface area contributed by atoms with Crippen molar-refractivity contribution in [1.82, 2.24) is 9.97 Å². The number of quaternary nitrogens is 1. The Balaban J connectivity index is 1.66. The first-order chi connectivity index (χ1) is 13.5. The van der Waals surface area contributed by atoms with Gasteiger partial charge in [-0.2, -0.15) is 9.97 Å². The van der Waals surface area contributed by atoms with Crippen LogP contribution in [0.2, 0.25) is 0 Å². The van der Waals surface area contributed by atoms with Gasteiger partial charge in [0.25, 0.3) is 0 Å². The van der Waals surface area contributed by atoms with Gasteiger partial charge in [-0.25, -0.2) is 0 Å². The standard InChI is InChI=1S/C18H25N7O3/c1-13-3-5-14(6-4-13)21-17-15(25(26)27)16(19)22-18(23-17)20-7-2-8-24-9-11-28-12-10-24/h3-6H,2,7-12H2,1H3,(H4,19,20,21,22,23)/p+1. The van der Waals surface area contributed by atoms with E-state index in [1.54, 1.807) is 0 Å². The minimum absolute atomic E-state index is 0.0719. The molecular formula is C18H26N7O3+. The van der Waals surface area contributed by atoms with E-state index in [1.807, 2.05) is 31.2 Å². The summed E-state index contributed by atoms with van der Waals surface area (Å²) in [6, 6.07) is 7.48. The highest BCUT2D eigenvalue weighted by molar-refractivity contribution is 5.74. The van der Waals surface area contributed by atoms with Crippen molar-refractivity contribution >= 4 is 29.0 Å². The van der Waals surface area contributed by atoms with Crippen molar-refractivity contribution < 1.29 is 14.6 Å². The summed E-state index contributed by atoms with van der Waals surface area (Å²) in [6.45, 7) is 7.29. The van der Waals surface area contributed by atoms with Crippen LogP contribution in [0.3, 0.4) is 0 Å². The lowest BCUT2D eigenvalue weighted by Crippen LogP contribution is -3.14. The van der Waals surface area contributed by atoms with E-state index in [-0.39, 0.29) is 23.3 Å². The fourth-order valence-corrected chi connectivity index (χ4v) is 3.04. The van der Waals surface area contributed by atoms with E-state index in [0.29, 0.717) is 12.2 Å².